The highest BCUT2D eigenvalue weighted by Crippen LogP contribution is 2.13. The van der Waals surface area contributed by atoms with E-state index in [9.17, 15) is 0 Å². The fraction of sp³-hybridized carbons (Fsp3) is 1.00. The second-order valence-corrected chi connectivity index (χ2v) is 2.77. The van der Waals surface area contributed by atoms with E-state index in [1.807, 2.05) is 0 Å². The van der Waals surface area contributed by atoms with Crippen LogP contribution in [0, 0.1) is 0 Å². The Kier molecular flexibility index (Phi) is 1.33. The molecule has 1 fully saturated rings. The van der Waals surface area contributed by atoms with Gasteiger partial charge in [0.2, 0.25) is 0 Å². The van der Waals surface area contributed by atoms with Crippen LogP contribution in [0.5, 0.6) is 0 Å². The van der Waals surface area contributed by atoms with Crippen molar-refractivity contribution in [3.8, 4) is 0 Å². The van der Waals surface area contributed by atoms with Crippen LogP contribution in [0.25, 0.3) is 0 Å². The minimum absolute atomic E-state index is 0.812. The first-order chi connectivity index (χ1) is 3.29. The highest BCUT2D eigenvalue weighted by Gasteiger charge is 2.25. The lowest BCUT2D eigenvalue weighted by Gasteiger charge is -1.99. The molecule has 0 unspecified atom stereocenters. The zero-order chi connectivity index (χ0) is 5.28. The Morgan fingerprint density at radius 1 is 1.43 bits per heavy atom. The van der Waals surface area contributed by atoms with Gasteiger partial charge in [0, 0.05) is 12.8 Å². The summed E-state index contributed by atoms with van der Waals surface area (Å²) < 4.78 is 0. The molecule has 0 aliphatic heterocycles. The Hall–Kier alpha value is -0.0400. The predicted molar refractivity (Wildman–Crippen MR) is 30.1 cm³/mol. The fourth-order valence-corrected chi connectivity index (χ4v) is 0.833. The predicted octanol–water partition coefficient (Wildman–Crippen LogP) is 0.121. The Morgan fingerprint density at radius 3 is 2.14 bits per heavy atom. The minimum Gasteiger partial charge on any atom is -0.342 e. The molecule has 0 radical (unpaired) electrons. The first-order valence-corrected chi connectivity index (χ1v) is 3.14. The molecule has 0 aromatic heterocycles. The average molecular weight is 100 g/mol. The summed E-state index contributed by atoms with van der Waals surface area (Å²) in [6.45, 7) is 4.50. The van der Waals surface area contributed by atoms with E-state index in [0.29, 0.717) is 0 Å². The van der Waals surface area contributed by atoms with E-state index in [0.717, 1.165) is 12.1 Å². The zero-order valence-electron chi connectivity index (χ0n) is 5.15. The van der Waals surface area contributed by atoms with Crippen LogP contribution in [-0.2, 0) is 0 Å². The smallest absolute Gasteiger partial charge is 0.0865 e. The van der Waals surface area contributed by atoms with Gasteiger partial charge in [0.15, 0.2) is 0 Å². The topological polar surface area (TPSA) is 16.6 Å². The molecule has 0 heterocycles. The summed E-state index contributed by atoms with van der Waals surface area (Å²) in [7, 11) is 0. The Bertz CT molecular complexity index is 55.2. The molecule has 42 valence electrons. The summed E-state index contributed by atoms with van der Waals surface area (Å²) in [6.07, 6.45) is 2.91. The number of nitrogens with two attached hydrogens (primary N) is 1. The molecule has 1 heteroatoms. The van der Waals surface area contributed by atoms with E-state index in [1.165, 1.54) is 12.8 Å². The highest BCUT2D eigenvalue weighted by molar-refractivity contribution is 4.69. The van der Waals surface area contributed by atoms with Crippen molar-refractivity contribution in [2.24, 2.45) is 0 Å². The summed E-state index contributed by atoms with van der Waals surface area (Å²) in [4.78, 5) is 0. The lowest BCUT2D eigenvalue weighted by molar-refractivity contribution is -0.695. The van der Waals surface area contributed by atoms with Gasteiger partial charge in [-0.15, -0.1) is 0 Å². The maximum atomic E-state index is 2.44. The van der Waals surface area contributed by atoms with Gasteiger partial charge in [-0.2, -0.15) is 0 Å². The van der Waals surface area contributed by atoms with Crippen LogP contribution in [0.3, 0.4) is 0 Å². The molecule has 1 aliphatic rings. The summed E-state index contributed by atoms with van der Waals surface area (Å²) in [5.41, 5.74) is 0. The minimum atomic E-state index is 0.812. The fourth-order valence-electron chi connectivity index (χ4n) is 0.833. The van der Waals surface area contributed by atoms with E-state index in [-0.39, 0.29) is 0 Å². The Labute approximate surface area is 45.1 Å². The van der Waals surface area contributed by atoms with Gasteiger partial charge >= 0.3 is 0 Å². The Balaban J connectivity index is 1.97. The molecule has 0 aromatic rings. The Morgan fingerprint density at radius 2 is 2.00 bits per heavy atom. The average Bonchev–Trinajstić information content (AvgIpc) is 2.17. The van der Waals surface area contributed by atoms with Crippen molar-refractivity contribution in [3.05, 3.63) is 0 Å². The molecule has 2 N–H and O–H groups in total. The molecule has 0 aromatic carbocycles. The monoisotopic (exact) mass is 100 g/mol. The number of rotatable bonds is 2. The first-order valence-electron chi connectivity index (χ1n) is 3.14. The normalized spacial score (nSPS) is 21.0. The van der Waals surface area contributed by atoms with E-state index in [1.54, 1.807) is 0 Å². The van der Waals surface area contributed by atoms with Crippen molar-refractivity contribution < 1.29 is 5.32 Å². The van der Waals surface area contributed by atoms with Gasteiger partial charge < -0.3 is 5.32 Å². The number of hydrogen-bond acceptors (Lipinski definition) is 0. The van der Waals surface area contributed by atoms with Gasteiger partial charge in [-0.25, -0.2) is 0 Å². The maximum Gasteiger partial charge on any atom is 0.0865 e. The number of hydrogen-bond donors (Lipinski definition) is 1. The summed E-state index contributed by atoms with van der Waals surface area (Å²) in [6, 6.07) is 1.81. The molecule has 7 heavy (non-hydrogen) atoms. The zero-order valence-corrected chi connectivity index (χ0v) is 5.15. The molecular formula is C6H14N+. The summed E-state index contributed by atoms with van der Waals surface area (Å²) >= 11 is 0. The van der Waals surface area contributed by atoms with Crippen molar-refractivity contribution in [2.75, 3.05) is 0 Å². The van der Waals surface area contributed by atoms with E-state index in [2.05, 4.69) is 19.2 Å². The van der Waals surface area contributed by atoms with Gasteiger partial charge in [-0.1, -0.05) is 0 Å². The second kappa shape index (κ2) is 1.83. The number of quaternary nitrogens is 1. The molecule has 0 spiro atoms. The van der Waals surface area contributed by atoms with Crippen LogP contribution in [-0.4, -0.2) is 12.1 Å². The standard InChI is InChI=1S/C6H13N/c1-5(2)7-6-3-4-6/h5-7H,3-4H2,1-2H3/p+1. The van der Waals surface area contributed by atoms with Crippen LogP contribution in [0.1, 0.15) is 26.7 Å². The molecule has 0 amide bonds. The largest absolute Gasteiger partial charge is 0.342 e. The van der Waals surface area contributed by atoms with Crippen molar-refractivity contribution in [1.82, 2.24) is 0 Å². The molecule has 1 saturated carbocycles. The van der Waals surface area contributed by atoms with Crippen molar-refractivity contribution in [1.29, 1.82) is 0 Å². The molecule has 0 saturated heterocycles. The molecule has 1 rings (SSSR count). The van der Waals surface area contributed by atoms with Gasteiger partial charge in [0.1, 0.15) is 0 Å². The molecular weight excluding hydrogens is 86.1 g/mol. The van der Waals surface area contributed by atoms with Crippen molar-refractivity contribution in [3.63, 3.8) is 0 Å². The van der Waals surface area contributed by atoms with Gasteiger partial charge in [0.05, 0.1) is 12.1 Å². The van der Waals surface area contributed by atoms with Gasteiger partial charge in [-0.05, 0) is 13.8 Å². The second-order valence-electron chi connectivity index (χ2n) is 2.77. The lowest BCUT2D eigenvalue weighted by atomic mass is 10.4. The van der Waals surface area contributed by atoms with Crippen LogP contribution in [0.2, 0.25) is 0 Å². The first kappa shape index (κ1) is 5.10. The van der Waals surface area contributed by atoms with E-state index < -0.39 is 0 Å². The molecule has 0 atom stereocenters. The van der Waals surface area contributed by atoms with Crippen LogP contribution in [0.4, 0.5) is 0 Å². The highest BCUT2D eigenvalue weighted by atomic mass is 15.0. The summed E-state index contributed by atoms with van der Waals surface area (Å²) in [5.74, 6) is 0. The lowest BCUT2D eigenvalue weighted by Crippen LogP contribution is -2.90. The molecule has 0 bridgehead atoms. The third-order valence-electron chi connectivity index (χ3n) is 1.28. The van der Waals surface area contributed by atoms with Crippen LogP contribution < -0.4 is 5.32 Å². The molecule has 1 aliphatic carbocycles. The third-order valence-corrected chi connectivity index (χ3v) is 1.28. The van der Waals surface area contributed by atoms with Gasteiger partial charge in [-0.3, -0.25) is 0 Å². The maximum absolute atomic E-state index is 2.44. The van der Waals surface area contributed by atoms with E-state index in [4.69, 9.17) is 0 Å². The van der Waals surface area contributed by atoms with Gasteiger partial charge in [0.25, 0.3) is 0 Å². The quantitative estimate of drug-likeness (QED) is 0.507. The summed E-state index contributed by atoms with van der Waals surface area (Å²) in [5, 5.41) is 2.44. The van der Waals surface area contributed by atoms with E-state index >= 15 is 0 Å². The SMILES string of the molecule is CC(C)[NH2+]C1CC1. The van der Waals surface area contributed by atoms with Crippen molar-refractivity contribution in [2.45, 2.75) is 38.8 Å². The third kappa shape index (κ3) is 1.93. The molecule has 1 nitrogen and oxygen atoms in total. The van der Waals surface area contributed by atoms with Crippen LogP contribution >= 0.6 is 0 Å². The van der Waals surface area contributed by atoms with Crippen molar-refractivity contribution >= 4 is 0 Å². The van der Waals surface area contributed by atoms with Crippen LogP contribution in [0.15, 0.2) is 0 Å².